The Bertz CT molecular complexity index is 1120. The predicted octanol–water partition coefficient (Wildman–Crippen LogP) is 3.61. The first-order valence-electron chi connectivity index (χ1n) is 10.5. The first-order valence-corrected chi connectivity index (χ1v) is 11.9. The van der Waals surface area contributed by atoms with Crippen LogP contribution >= 0.6 is 23.4 Å². The number of hydrogen-bond acceptors (Lipinski definition) is 5. The van der Waals surface area contributed by atoms with Crippen molar-refractivity contribution in [2.75, 3.05) is 23.7 Å². The number of thioether (sulfide) groups is 1. The maximum absolute atomic E-state index is 12.8. The number of benzene rings is 2. The quantitative estimate of drug-likeness (QED) is 0.510. The fraction of sp³-hybridized carbons (Fsp3) is 0.304. The van der Waals surface area contributed by atoms with E-state index in [2.05, 4.69) is 21.6 Å². The number of anilines is 1. The minimum atomic E-state index is -0.157. The van der Waals surface area contributed by atoms with Gasteiger partial charge in [0.2, 0.25) is 5.91 Å². The average molecular weight is 470 g/mol. The summed E-state index contributed by atoms with van der Waals surface area (Å²) in [4.78, 5) is 26.9. The van der Waals surface area contributed by atoms with Crippen molar-refractivity contribution in [3.05, 3.63) is 70.5 Å². The number of nitrogens with one attached hydrogen (secondary N) is 1. The van der Waals surface area contributed by atoms with Crippen molar-refractivity contribution in [1.82, 2.24) is 20.1 Å². The highest BCUT2D eigenvalue weighted by Crippen LogP contribution is 2.28. The second-order valence-electron chi connectivity index (χ2n) is 7.37. The molecule has 1 aliphatic rings. The molecule has 4 rings (SSSR count). The summed E-state index contributed by atoms with van der Waals surface area (Å²) < 4.78 is 1.99. The van der Waals surface area contributed by atoms with E-state index in [1.165, 1.54) is 17.3 Å². The number of amides is 2. The molecule has 0 aliphatic carbocycles. The summed E-state index contributed by atoms with van der Waals surface area (Å²) in [5, 5.41) is 12.8. The number of nitrogens with zero attached hydrogens (tertiary/aromatic N) is 4. The molecule has 1 aromatic heterocycles. The zero-order chi connectivity index (χ0) is 22.5. The number of fused-ring (bicyclic) bond motifs is 1. The molecule has 0 atom stereocenters. The van der Waals surface area contributed by atoms with E-state index in [1.54, 1.807) is 24.3 Å². The van der Waals surface area contributed by atoms with Crippen LogP contribution in [-0.4, -0.2) is 45.4 Å². The Morgan fingerprint density at radius 2 is 1.91 bits per heavy atom. The highest BCUT2D eigenvalue weighted by Gasteiger charge is 2.24. The van der Waals surface area contributed by atoms with Crippen molar-refractivity contribution in [3.8, 4) is 0 Å². The van der Waals surface area contributed by atoms with Crippen molar-refractivity contribution in [1.29, 1.82) is 0 Å². The monoisotopic (exact) mass is 469 g/mol. The van der Waals surface area contributed by atoms with E-state index in [0.717, 1.165) is 24.5 Å². The topological polar surface area (TPSA) is 80.1 Å². The molecule has 0 bridgehead atoms. The summed E-state index contributed by atoms with van der Waals surface area (Å²) in [7, 11) is 0. The molecule has 0 spiro atoms. The number of para-hydroxylation sites is 1. The number of halogens is 1. The van der Waals surface area contributed by atoms with Crippen LogP contribution in [0.1, 0.15) is 28.7 Å². The van der Waals surface area contributed by atoms with Gasteiger partial charge in [-0.2, -0.15) is 0 Å². The molecule has 2 heterocycles. The van der Waals surface area contributed by atoms with Gasteiger partial charge in [-0.25, -0.2) is 0 Å². The SMILES string of the molecule is CCn1c(CCNC(=O)c2ccc(Cl)cc2)nnc1SCC(=O)N1CCc2ccccc21. The first-order chi connectivity index (χ1) is 15.6. The molecule has 0 unspecified atom stereocenters. The number of rotatable bonds is 8. The van der Waals surface area contributed by atoms with Gasteiger partial charge in [0.15, 0.2) is 5.16 Å². The lowest BCUT2D eigenvalue weighted by atomic mass is 10.2. The van der Waals surface area contributed by atoms with Crippen molar-refractivity contribution in [2.45, 2.75) is 31.5 Å². The van der Waals surface area contributed by atoms with E-state index in [1.807, 2.05) is 34.6 Å². The van der Waals surface area contributed by atoms with Crippen molar-refractivity contribution < 1.29 is 9.59 Å². The minimum Gasteiger partial charge on any atom is -0.352 e. The lowest BCUT2D eigenvalue weighted by Crippen LogP contribution is -2.30. The molecule has 2 amide bonds. The van der Waals surface area contributed by atoms with Gasteiger partial charge in [-0.15, -0.1) is 10.2 Å². The first kappa shape index (κ1) is 22.4. The third kappa shape index (κ3) is 4.97. The fourth-order valence-electron chi connectivity index (χ4n) is 3.72. The fourth-order valence-corrected chi connectivity index (χ4v) is 4.74. The van der Waals surface area contributed by atoms with Gasteiger partial charge in [0.25, 0.3) is 5.91 Å². The number of hydrogen-bond donors (Lipinski definition) is 1. The van der Waals surface area contributed by atoms with Crippen LogP contribution < -0.4 is 10.2 Å². The molecule has 0 fully saturated rings. The molecule has 2 aromatic carbocycles. The smallest absolute Gasteiger partial charge is 0.251 e. The van der Waals surface area contributed by atoms with Gasteiger partial charge in [-0.3, -0.25) is 9.59 Å². The third-order valence-electron chi connectivity index (χ3n) is 5.36. The van der Waals surface area contributed by atoms with Gasteiger partial charge in [0, 0.05) is 42.3 Å². The lowest BCUT2D eigenvalue weighted by Gasteiger charge is -2.17. The molecule has 7 nitrogen and oxygen atoms in total. The zero-order valence-electron chi connectivity index (χ0n) is 17.8. The van der Waals surface area contributed by atoms with Crippen LogP contribution in [0, 0.1) is 0 Å². The molecule has 0 radical (unpaired) electrons. The lowest BCUT2D eigenvalue weighted by molar-refractivity contribution is -0.116. The second kappa shape index (κ2) is 10.2. The Hall–Kier alpha value is -2.84. The molecule has 0 saturated carbocycles. The zero-order valence-corrected chi connectivity index (χ0v) is 19.3. The van der Waals surface area contributed by atoms with E-state index < -0.39 is 0 Å². The Kier molecular flexibility index (Phi) is 7.12. The average Bonchev–Trinajstić information content (AvgIpc) is 3.41. The van der Waals surface area contributed by atoms with Crippen LogP contribution in [0.5, 0.6) is 0 Å². The Morgan fingerprint density at radius 3 is 2.69 bits per heavy atom. The van der Waals surface area contributed by atoms with Gasteiger partial charge < -0.3 is 14.8 Å². The maximum atomic E-state index is 12.8. The van der Waals surface area contributed by atoms with Crippen LogP contribution in [0.2, 0.25) is 5.02 Å². The van der Waals surface area contributed by atoms with Gasteiger partial charge >= 0.3 is 0 Å². The van der Waals surface area contributed by atoms with Gasteiger partial charge in [-0.05, 0) is 49.2 Å². The normalized spacial score (nSPS) is 12.6. The Balaban J connectivity index is 1.31. The molecular weight excluding hydrogens is 446 g/mol. The molecule has 166 valence electrons. The molecule has 1 aliphatic heterocycles. The van der Waals surface area contributed by atoms with E-state index in [0.29, 0.717) is 41.0 Å². The summed E-state index contributed by atoms with van der Waals surface area (Å²) in [5.74, 6) is 1.00. The van der Waals surface area contributed by atoms with Gasteiger partial charge in [0.1, 0.15) is 5.82 Å². The molecule has 3 aromatic rings. The van der Waals surface area contributed by atoms with E-state index in [9.17, 15) is 9.59 Å². The number of carbonyl (C=O) groups excluding carboxylic acids is 2. The van der Waals surface area contributed by atoms with Crippen molar-refractivity contribution >= 4 is 40.9 Å². The summed E-state index contributed by atoms with van der Waals surface area (Å²) in [6, 6.07) is 14.8. The molecule has 1 N–H and O–H groups in total. The largest absolute Gasteiger partial charge is 0.352 e. The Labute approximate surface area is 196 Å². The van der Waals surface area contributed by atoms with Crippen LogP contribution in [0.3, 0.4) is 0 Å². The maximum Gasteiger partial charge on any atom is 0.251 e. The Morgan fingerprint density at radius 1 is 1.12 bits per heavy atom. The second-order valence-corrected chi connectivity index (χ2v) is 8.75. The summed E-state index contributed by atoms with van der Waals surface area (Å²) >= 11 is 7.26. The third-order valence-corrected chi connectivity index (χ3v) is 6.57. The summed E-state index contributed by atoms with van der Waals surface area (Å²) in [6.45, 7) is 3.86. The minimum absolute atomic E-state index is 0.0716. The van der Waals surface area contributed by atoms with Crippen molar-refractivity contribution in [2.24, 2.45) is 0 Å². The predicted molar refractivity (Wildman–Crippen MR) is 126 cm³/mol. The molecular formula is C23H24ClN5O2S. The molecule has 32 heavy (non-hydrogen) atoms. The van der Waals surface area contributed by atoms with Crippen LogP contribution in [0.15, 0.2) is 53.7 Å². The summed E-state index contributed by atoms with van der Waals surface area (Å²) in [5.41, 5.74) is 2.78. The summed E-state index contributed by atoms with van der Waals surface area (Å²) in [6.07, 6.45) is 1.44. The van der Waals surface area contributed by atoms with Gasteiger partial charge in [-0.1, -0.05) is 41.6 Å². The molecule has 9 heteroatoms. The highest BCUT2D eigenvalue weighted by molar-refractivity contribution is 7.99. The molecule has 0 saturated heterocycles. The van der Waals surface area contributed by atoms with E-state index >= 15 is 0 Å². The van der Waals surface area contributed by atoms with Crippen LogP contribution in [0.25, 0.3) is 0 Å². The van der Waals surface area contributed by atoms with Crippen LogP contribution in [0.4, 0.5) is 5.69 Å². The van der Waals surface area contributed by atoms with Crippen molar-refractivity contribution in [3.63, 3.8) is 0 Å². The van der Waals surface area contributed by atoms with E-state index in [4.69, 9.17) is 11.6 Å². The number of aromatic nitrogens is 3. The van der Waals surface area contributed by atoms with E-state index in [-0.39, 0.29) is 11.8 Å². The highest BCUT2D eigenvalue weighted by atomic mass is 35.5. The van der Waals surface area contributed by atoms with Crippen LogP contribution in [-0.2, 0) is 24.2 Å². The number of carbonyl (C=O) groups is 2. The van der Waals surface area contributed by atoms with Gasteiger partial charge in [0.05, 0.1) is 5.75 Å². The standard InChI is InChI=1S/C23H24ClN5O2S/c1-2-28-20(11-13-25-22(31)17-7-9-18(24)10-8-17)26-27-23(28)32-15-21(30)29-14-12-16-5-3-4-6-19(16)29/h3-10H,2,11-15H2,1H3,(H,25,31).